The van der Waals surface area contributed by atoms with Crippen molar-refractivity contribution in [2.24, 2.45) is 0 Å². The molecule has 0 unspecified atom stereocenters. The van der Waals surface area contributed by atoms with Crippen LogP contribution in [0.5, 0.6) is 0 Å². The fourth-order valence-corrected chi connectivity index (χ4v) is 3.77. The summed E-state index contributed by atoms with van der Waals surface area (Å²) in [5.41, 5.74) is 0. The van der Waals surface area contributed by atoms with Gasteiger partial charge in [0, 0.05) is 11.5 Å². The Labute approximate surface area is 87.7 Å². The lowest BCUT2D eigenvalue weighted by molar-refractivity contribution is 0.433. The van der Waals surface area contributed by atoms with E-state index in [-0.39, 0.29) is 0 Å². The minimum absolute atomic E-state index is 0.552. The van der Waals surface area contributed by atoms with Gasteiger partial charge >= 0.3 is 3.98 Å². The van der Waals surface area contributed by atoms with Crippen LogP contribution in [0.25, 0.3) is 0 Å². The molecule has 0 aliphatic carbocycles. The van der Waals surface area contributed by atoms with Crippen LogP contribution < -0.4 is 8.56 Å². The van der Waals surface area contributed by atoms with Crippen molar-refractivity contribution in [1.29, 1.82) is 0 Å². The molecule has 1 heterocycles. The SMILES string of the molecule is Cc1nsc(=[N+](C(C)C)C(C)C)s1. The molecule has 1 aromatic heterocycles. The monoisotopic (exact) mass is 217 g/mol. The summed E-state index contributed by atoms with van der Waals surface area (Å²) in [6.45, 7) is 11.0. The zero-order valence-electron chi connectivity index (χ0n) is 8.87. The Balaban J connectivity index is 3.26. The molecule has 0 radical (unpaired) electrons. The van der Waals surface area contributed by atoms with Crippen molar-refractivity contribution in [1.82, 2.24) is 8.95 Å². The average molecular weight is 217 g/mol. The van der Waals surface area contributed by atoms with Crippen LogP contribution >= 0.6 is 22.9 Å². The first kappa shape index (κ1) is 10.9. The summed E-state index contributed by atoms with van der Waals surface area (Å²) in [6, 6.07) is 1.10. The van der Waals surface area contributed by atoms with Crippen LogP contribution in [0.4, 0.5) is 0 Å². The molecule has 0 amide bonds. The summed E-state index contributed by atoms with van der Waals surface area (Å²) >= 11 is 3.39. The van der Waals surface area contributed by atoms with Gasteiger partial charge in [-0.25, -0.2) is 4.58 Å². The van der Waals surface area contributed by atoms with Crippen molar-refractivity contribution in [3.8, 4) is 0 Å². The maximum Gasteiger partial charge on any atom is 0.333 e. The van der Waals surface area contributed by atoms with Gasteiger partial charge in [-0.1, -0.05) is 0 Å². The summed E-state index contributed by atoms with van der Waals surface area (Å²) in [7, 11) is 0. The maximum atomic E-state index is 4.32. The van der Waals surface area contributed by atoms with E-state index in [9.17, 15) is 0 Å². The third-order valence-electron chi connectivity index (χ3n) is 1.81. The lowest BCUT2D eigenvalue weighted by Crippen LogP contribution is -2.38. The predicted molar refractivity (Wildman–Crippen MR) is 60.3 cm³/mol. The van der Waals surface area contributed by atoms with E-state index in [4.69, 9.17) is 0 Å². The molecule has 4 heteroatoms. The molecule has 0 spiro atoms. The number of hydrogen-bond donors (Lipinski definition) is 0. The Morgan fingerprint density at radius 1 is 1.15 bits per heavy atom. The molecule has 1 rings (SSSR count). The van der Waals surface area contributed by atoms with Crippen LogP contribution in [0.2, 0.25) is 0 Å². The predicted octanol–water partition coefficient (Wildman–Crippen LogP) is 2.10. The van der Waals surface area contributed by atoms with Crippen LogP contribution in [-0.2, 0) is 0 Å². The standard InChI is InChI=1S/C9H17N2S2/c1-6(2)11(7(3)4)9-12-8(5)10-13-9/h6-7H,1-5H3/q+1. The number of aromatic nitrogens is 1. The Morgan fingerprint density at radius 3 is 2.00 bits per heavy atom. The third-order valence-corrected chi connectivity index (χ3v) is 3.90. The van der Waals surface area contributed by atoms with E-state index in [0.29, 0.717) is 12.1 Å². The summed E-state index contributed by atoms with van der Waals surface area (Å²) in [5.74, 6) is 0. The van der Waals surface area contributed by atoms with Gasteiger partial charge in [-0.3, -0.25) is 0 Å². The Morgan fingerprint density at radius 2 is 1.69 bits per heavy atom. The molecule has 0 aliphatic heterocycles. The first-order valence-electron chi connectivity index (χ1n) is 4.57. The fraction of sp³-hybridized carbons (Fsp3) is 0.778. The first-order chi connectivity index (χ1) is 6.02. The molecular formula is C9H17N2S2+. The molecule has 0 N–H and O–H groups in total. The molecule has 0 atom stereocenters. The van der Waals surface area contributed by atoms with E-state index in [1.54, 1.807) is 22.9 Å². The van der Waals surface area contributed by atoms with Gasteiger partial charge in [0.15, 0.2) is 0 Å². The maximum absolute atomic E-state index is 4.32. The molecule has 0 saturated carbocycles. The molecule has 13 heavy (non-hydrogen) atoms. The highest BCUT2D eigenvalue weighted by atomic mass is 32.2. The molecule has 1 aromatic rings. The van der Waals surface area contributed by atoms with Crippen LogP contribution in [0.15, 0.2) is 0 Å². The van der Waals surface area contributed by atoms with Crippen molar-refractivity contribution < 1.29 is 0 Å². The minimum Gasteiger partial charge on any atom is -0.207 e. The molecule has 0 fully saturated rings. The van der Waals surface area contributed by atoms with Crippen molar-refractivity contribution >= 4 is 22.9 Å². The number of nitrogens with zero attached hydrogens (tertiary/aromatic N) is 2. The summed E-state index contributed by atoms with van der Waals surface area (Å²) in [5, 5.41) is 1.16. The molecule has 74 valence electrons. The third kappa shape index (κ3) is 2.61. The molecule has 0 saturated heterocycles. The average Bonchev–Trinajstić information content (AvgIpc) is 2.34. The van der Waals surface area contributed by atoms with Crippen molar-refractivity contribution in [3.05, 3.63) is 8.99 Å². The van der Waals surface area contributed by atoms with E-state index in [2.05, 4.69) is 43.6 Å². The Kier molecular flexibility index (Phi) is 3.62. The second-order valence-corrected chi connectivity index (χ2v) is 5.86. The van der Waals surface area contributed by atoms with Crippen LogP contribution in [0, 0.1) is 6.92 Å². The smallest absolute Gasteiger partial charge is 0.207 e. The van der Waals surface area contributed by atoms with Gasteiger partial charge in [-0.05, 0) is 46.0 Å². The van der Waals surface area contributed by atoms with E-state index in [0.717, 1.165) is 5.01 Å². The van der Waals surface area contributed by atoms with Crippen LogP contribution in [0.1, 0.15) is 32.7 Å². The van der Waals surface area contributed by atoms with Gasteiger partial charge in [0.05, 0.1) is 0 Å². The highest BCUT2D eigenvalue weighted by Crippen LogP contribution is 2.01. The van der Waals surface area contributed by atoms with E-state index in [1.807, 2.05) is 0 Å². The number of hydrogen-bond acceptors (Lipinski definition) is 3. The topological polar surface area (TPSA) is 15.9 Å². The lowest BCUT2D eigenvalue weighted by Gasteiger charge is -2.08. The molecule has 0 bridgehead atoms. The summed E-state index contributed by atoms with van der Waals surface area (Å²) in [4.78, 5) is 0. The van der Waals surface area contributed by atoms with Gasteiger partial charge in [0.1, 0.15) is 17.1 Å². The van der Waals surface area contributed by atoms with E-state index < -0.39 is 0 Å². The molecule has 0 aliphatic rings. The summed E-state index contributed by atoms with van der Waals surface area (Å²) in [6.07, 6.45) is 0. The number of aryl methyl sites for hydroxylation is 1. The summed E-state index contributed by atoms with van der Waals surface area (Å²) < 4.78 is 8.05. The lowest BCUT2D eigenvalue weighted by atomic mass is 10.3. The minimum atomic E-state index is 0.552. The molecule has 0 aromatic carbocycles. The van der Waals surface area contributed by atoms with Crippen LogP contribution in [-0.4, -0.2) is 16.5 Å². The van der Waals surface area contributed by atoms with E-state index >= 15 is 0 Å². The quantitative estimate of drug-likeness (QED) is 0.693. The largest absolute Gasteiger partial charge is 0.333 e. The van der Waals surface area contributed by atoms with Gasteiger partial charge in [0.2, 0.25) is 0 Å². The van der Waals surface area contributed by atoms with Gasteiger partial charge in [0.25, 0.3) is 0 Å². The second kappa shape index (κ2) is 4.33. The first-order valence-corrected chi connectivity index (χ1v) is 6.16. The molecule has 2 nitrogen and oxygen atoms in total. The van der Waals surface area contributed by atoms with Gasteiger partial charge in [-0.15, -0.1) is 0 Å². The molecular weight excluding hydrogens is 200 g/mol. The van der Waals surface area contributed by atoms with Crippen molar-refractivity contribution in [2.75, 3.05) is 0 Å². The zero-order valence-corrected chi connectivity index (χ0v) is 10.5. The fourth-order valence-electron chi connectivity index (χ4n) is 1.38. The van der Waals surface area contributed by atoms with Crippen LogP contribution in [0.3, 0.4) is 0 Å². The van der Waals surface area contributed by atoms with E-state index in [1.165, 1.54) is 3.98 Å². The Hall–Kier alpha value is -0.220. The normalized spacial score (nSPS) is 11.3. The number of rotatable bonds is 2. The van der Waals surface area contributed by atoms with Gasteiger partial charge < -0.3 is 0 Å². The highest BCUT2D eigenvalue weighted by Gasteiger charge is 2.17. The second-order valence-electron chi connectivity index (χ2n) is 3.66. The van der Waals surface area contributed by atoms with Crippen molar-refractivity contribution in [2.45, 2.75) is 46.7 Å². The zero-order chi connectivity index (χ0) is 10.0. The van der Waals surface area contributed by atoms with Gasteiger partial charge in [-0.2, -0.15) is 4.37 Å². The highest BCUT2D eigenvalue weighted by molar-refractivity contribution is 7.23. The van der Waals surface area contributed by atoms with Crippen molar-refractivity contribution in [3.63, 3.8) is 0 Å². The Bertz CT molecular complexity index is 323.